The Kier molecular flexibility index (Phi) is 5.00. The maximum absolute atomic E-state index is 12.5. The Labute approximate surface area is 150 Å². The molecule has 1 heterocycles. The van der Waals surface area contributed by atoms with Crippen molar-refractivity contribution < 1.29 is 14.3 Å². The largest absolute Gasteiger partial charge is 0.497 e. The van der Waals surface area contributed by atoms with Gasteiger partial charge in [0.25, 0.3) is 5.91 Å². The van der Waals surface area contributed by atoms with Gasteiger partial charge in [-0.25, -0.2) is 4.98 Å². The van der Waals surface area contributed by atoms with Crippen LogP contribution in [0.2, 0.25) is 0 Å². The number of anilines is 1. The predicted octanol–water partition coefficient (Wildman–Crippen LogP) is 4.39. The molecule has 1 N–H and O–H groups in total. The summed E-state index contributed by atoms with van der Waals surface area (Å²) in [7, 11) is 3.10. The molecular weight excluding hydrogens is 336 g/mol. The molecule has 0 saturated heterocycles. The number of amides is 1. The zero-order chi connectivity index (χ0) is 17.8. The summed E-state index contributed by atoms with van der Waals surface area (Å²) >= 11 is 1.61. The molecule has 5 nitrogen and oxygen atoms in total. The third kappa shape index (κ3) is 3.97. The van der Waals surface area contributed by atoms with Gasteiger partial charge in [0, 0.05) is 28.3 Å². The van der Waals surface area contributed by atoms with Gasteiger partial charge in [0.05, 0.1) is 24.9 Å². The standard InChI is InChI=1S/C19H18N2O3S/c1-12-20-18(11-25-12)13-4-6-15(7-5-13)21-19(22)14-8-16(23-2)10-17(9-14)24-3/h4-11H,1-3H3,(H,21,22). The van der Waals surface area contributed by atoms with Gasteiger partial charge in [-0.2, -0.15) is 0 Å². The molecule has 0 spiro atoms. The monoisotopic (exact) mass is 354 g/mol. The van der Waals surface area contributed by atoms with Crippen molar-refractivity contribution in [2.24, 2.45) is 0 Å². The highest BCUT2D eigenvalue weighted by Crippen LogP contribution is 2.25. The summed E-state index contributed by atoms with van der Waals surface area (Å²) < 4.78 is 10.4. The van der Waals surface area contributed by atoms with Crippen molar-refractivity contribution in [2.45, 2.75) is 6.92 Å². The smallest absolute Gasteiger partial charge is 0.255 e. The molecule has 1 aromatic heterocycles. The lowest BCUT2D eigenvalue weighted by Gasteiger charge is -2.09. The Morgan fingerprint density at radius 2 is 1.68 bits per heavy atom. The van der Waals surface area contributed by atoms with Gasteiger partial charge in [-0.05, 0) is 31.2 Å². The molecule has 0 atom stereocenters. The molecule has 6 heteroatoms. The van der Waals surface area contributed by atoms with Crippen molar-refractivity contribution in [3.8, 4) is 22.8 Å². The summed E-state index contributed by atoms with van der Waals surface area (Å²) in [5.41, 5.74) is 3.14. The van der Waals surface area contributed by atoms with Crippen LogP contribution in [0.15, 0.2) is 47.8 Å². The first-order valence-corrected chi connectivity index (χ1v) is 8.54. The molecule has 3 aromatic rings. The van der Waals surface area contributed by atoms with E-state index in [0.717, 1.165) is 16.3 Å². The summed E-state index contributed by atoms with van der Waals surface area (Å²) in [6.07, 6.45) is 0. The fourth-order valence-corrected chi connectivity index (χ4v) is 2.98. The van der Waals surface area contributed by atoms with Crippen molar-refractivity contribution in [2.75, 3.05) is 19.5 Å². The molecule has 0 aliphatic carbocycles. The van der Waals surface area contributed by atoms with Crippen molar-refractivity contribution in [1.82, 2.24) is 4.98 Å². The first-order valence-electron chi connectivity index (χ1n) is 7.66. The number of carbonyl (C=O) groups excluding carboxylic acids is 1. The van der Waals surface area contributed by atoms with Crippen LogP contribution in [0.25, 0.3) is 11.3 Å². The van der Waals surface area contributed by atoms with Gasteiger partial charge < -0.3 is 14.8 Å². The SMILES string of the molecule is COc1cc(OC)cc(C(=O)Nc2ccc(-c3csc(C)n3)cc2)c1. The van der Waals surface area contributed by atoms with E-state index in [0.29, 0.717) is 22.7 Å². The van der Waals surface area contributed by atoms with Gasteiger partial charge in [-0.3, -0.25) is 4.79 Å². The van der Waals surface area contributed by atoms with Crippen LogP contribution in [-0.4, -0.2) is 25.1 Å². The number of carbonyl (C=O) groups is 1. The molecule has 0 radical (unpaired) electrons. The van der Waals surface area contributed by atoms with Gasteiger partial charge in [-0.1, -0.05) is 12.1 Å². The summed E-state index contributed by atoms with van der Waals surface area (Å²) in [5.74, 6) is 0.909. The third-order valence-electron chi connectivity index (χ3n) is 3.67. The number of aryl methyl sites for hydroxylation is 1. The molecule has 0 aliphatic heterocycles. The number of ether oxygens (including phenoxy) is 2. The molecule has 3 rings (SSSR count). The summed E-state index contributed by atoms with van der Waals surface area (Å²) in [4.78, 5) is 16.9. The van der Waals surface area contributed by atoms with Crippen LogP contribution in [0.5, 0.6) is 11.5 Å². The third-order valence-corrected chi connectivity index (χ3v) is 4.44. The molecular formula is C19H18N2O3S. The fraction of sp³-hybridized carbons (Fsp3) is 0.158. The van der Waals surface area contributed by atoms with Gasteiger partial charge in [0.15, 0.2) is 0 Å². The minimum atomic E-state index is -0.227. The maximum atomic E-state index is 12.5. The average molecular weight is 354 g/mol. The van der Waals surface area contributed by atoms with E-state index in [9.17, 15) is 4.79 Å². The minimum Gasteiger partial charge on any atom is -0.497 e. The van der Waals surface area contributed by atoms with E-state index in [1.165, 1.54) is 0 Å². The lowest BCUT2D eigenvalue weighted by molar-refractivity contribution is 0.102. The normalized spacial score (nSPS) is 10.4. The van der Waals surface area contributed by atoms with Gasteiger partial charge >= 0.3 is 0 Å². The van der Waals surface area contributed by atoms with Crippen LogP contribution >= 0.6 is 11.3 Å². The van der Waals surface area contributed by atoms with Crippen molar-refractivity contribution in [1.29, 1.82) is 0 Å². The van der Waals surface area contributed by atoms with E-state index >= 15 is 0 Å². The van der Waals surface area contributed by atoms with Crippen molar-refractivity contribution in [3.05, 3.63) is 58.4 Å². The van der Waals surface area contributed by atoms with Gasteiger partial charge in [0.2, 0.25) is 0 Å². The number of aromatic nitrogens is 1. The first-order chi connectivity index (χ1) is 12.1. The van der Waals surface area contributed by atoms with E-state index in [2.05, 4.69) is 10.3 Å². The molecule has 0 aliphatic rings. The number of rotatable bonds is 5. The highest BCUT2D eigenvalue weighted by Gasteiger charge is 2.11. The lowest BCUT2D eigenvalue weighted by atomic mass is 10.1. The first kappa shape index (κ1) is 17.0. The van der Waals surface area contributed by atoms with E-state index in [1.807, 2.05) is 36.6 Å². The second-order valence-corrected chi connectivity index (χ2v) is 6.45. The minimum absolute atomic E-state index is 0.227. The van der Waals surface area contributed by atoms with Crippen LogP contribution in [0.4, 0.5) is 5.69 Å². The summed E-state index contributed by atoms with van der Waals surface area (Å²) in [5, 5.41) is 5.92. The Morgan fingerprint density at radius 3 is 2.20 bits per heavy atom. The number of nitrogens with zero attached hydrogens (tertiary/aromatic N) is 1. The molecule has 2 aromatic carbocycles. The van der Waals surface area contributed by atoms with Crippen LogP contribution in [0.3, 0.4) is 0 Å². The number of benzene rings is 2. The molecule has 0 saturated carbocycles. The Balaban J connectivity index is 1.77. The van der Waals surface area contributed by atoms with E-state index in [-0.39, 0.29) is 5.91 Å². The number of hydrogen-bond donors (Lipinski definition) is 1. The molecule has 1 amide bonds. The van der Waals surface area contributed by atoms with Crippen LogP contribution in [-0.2, 0) is 0 Å². The Morgan fingerprint density at radius 1 is 1.04 bits per heavy atom. The Bertz CT molecular complexity index is 866. The fourth-order valence-electron chi connectivity index (χ4n) is 2.36. The van der Waals surface area contributed by atoms with E-state index in [4.69, 9.17) is 9.47 Å². The van der Waals surface area contributed by atoms with Gasteiger partial charge in [0.1, 0.15) is 11.5 Å². The van der Waals surface area contributed by atoms with E-state index in [1.54, 1.807) is 43.8 Å². The second-order valence-electron chi connectivity index (χ2n) is 5.38. The molecule has 0 unspecified atom stereocenters. The zero-order valence-electron chi connectivity index (χ0n) is 14.2. The highest BCUT2D eigenvalue weighted by atomic mass is 32.1. The second kappa shape index (κ2) is 7.36. The van der Waals surface area contributed by atoms with Gasteiger partial charge in [-0.15, -0.1) is 11.3 Å². The lowest BCUT2D eigenvalue weighted by Crippen LogP contribution is -2.12. The number of thiazole rings is 1. The summed E-state index contributed by atoms with van der Waals surface area (Å²) in [6, 6.07) is 12.7. The van der Waals surface area contributed by atoms with Crippen LogP contribution in [0.1, 0.15) is 15.4 Å². The molecule has 128 valence electrons. The predicted molar refractivity (Wildman–Crippen MR) is 99.8 cm³/mol. The molecule has 0 bridgehead atoms. The average Bonchev–Trinajstić information content (AvgIpc) is 3.08. The molecule has 0 fully saturated rings. The number of nitrogens with one attached hydrogen (secondary N) is 1. The Hall–Kier alpha value is -2.86. The number of methoxy groups -OCH3 is 2. The van der Waals surface area contributed by atoms with Crippen LogP contribution in [0, 0.1) is 6.92 Å². The zero-order valence-corrected chi connectivity index (χ0v) is 15.0. The van der Waals surface area contributed by atoms with Crippen molar-refractivity contribution >= 4 is 22.9 Å². The molecule has 25 heavy (non-hydrogen) atoms. The highest BCUT2D eigenvalue weighted by molar-refractivity contribution is 7.09. The topological polar surface area (TPSA) is 60.5 Å². The maximum Gasteiger partial charge on any atom is 0.255 e. The quantitative estimate of drug-likeness (QED) is 0.738. The summed E-state index contributed by atoms with van der Waals surface area (Å²) in [6.45, 7) is 1.98. The van der Waals surface area contributed by atoms with Crippen LogP contribution < -0.4 is 14.8 Å². The van der Waals surface area contributed by atoms with Crippen molar-refractivity contribution in [3.63, 3.8) is 0 Å². The van der Waals surface area contributed by atoms with E-state index < -0.39 is 0 Å². The number of hydrogen-bond acceptors (Lipinski definition) is 5.